The summed E-state index contributed by atoms with van der Waals surface area (Å²) in [5, 5.41) is 3.50. The third kappa shape index (κ3) is 1.95. The van der Waals surface area contributed by atoms with E-state index >= 15 is 0 Å². The summed E-state index contributed by atoms with van der Waals surface area (Å²) in [5.74, 6) is 1.64. The minimum absolute atomic E-state index is 0.822. The van der Waals surface area contributed by atoms with Crippen molar-refractivity contribution >= 4 is 5.69 Å². The Morgan fingerprint density at radius 2 is 1.94 bits per heavy atom. The highest BCUT2D eigenvalue weighted by Gasteiger charge is 2.28. The van der Waals surface area contributed by atoms with Crippen LogP contribution in [0.25, 0.3) is 0 Å². The van der Waals surface area contributed by atoms with Crippen molar-refractivity contribution in [3.05, 3.63) is 29.3 Å². The van der Waals surface area contributed by atoms with Crippen molar-refractivity contribution in [2.45, 2.75) is 26.8 Å². The van der Waals surface area contributed by atoms with Gasteiger partial charge in [0.1, 0.15) is 0 Å². The van der Waals surface area contributed by atoms with Crippen LogP contribution in [0.4, 0.5) is 5.69 Å². The molecule has 17 heavy (non-hydrogen) atoms. The zero-order valence-corrected chi connectivity index (χ0v) is 10.9. The first-order valence-corrected chi connectivity index (χ1v) is 6.82. The fraction of sp³-hybridized carbons (Fsp3) is 0.600. The Morgan fingerprint density at radius 3 is 2.71 bits per heavy atom. The van der Waals surface area contributed by atoms with Crippen LogP contribution in [0.2, 0.25) is 0 Å². The van der Waals surface area contributed by atoms with Crippen molar-refractivity contribution in [1.29, 1.82) is 0 Å². The maximum Gasteiger partial charge on any atom is 0.0414 e. The van der Waals surface area contributed by atoms with Crippen LogP contribution in [0.15, 0.2) is 18.2 Å². The molecule has 2 nitrogen and oxygen atoms in total. The van der Waals surface area contributed by atoms with E-state index < -0.39 is 0 Å². The Balaban J connectivity index is 1.93. The zero-order valence-electron chi connectivity index (χ0n) is 10.9. The van der Waals surface area contributed by atoms with Crippen molar-refractivity contribution in [3.63, 3.8) is 0 Å². The van der Waals surface area contributed by atoms with Crippen molar-refractivity contribution in [3.8, 4) is 0 Å². The zero-order chi connectivity index (χ0) is 11.8. The minimum Gasteiger partial charge on any atom is -0.371 e. The topological polar surface area (TPSA) is 15.3 Å². The summed E-state index contributed by atoms with van der Waals surface area (Å²) >= 11 is 0. The lowest BCUT2D eigenvalue weighted by Gasteiger charge is -2.26. The molecule has 1 aromatic carbocycles. The molecule has 0 spiro atoms. The van der Waals surface area contributed by atoms with Gasteiger partial charge in [-0.1, -0.05) is 26.0 Å². The first kappa shape index (κ1) is 11.1. The number of rotatable bonds is 1. The van der Waals surface area contributed by atoms with Gasteiger partial charge in [-0.2, -0.15) is 0 Å². The predicted molar refractivity (Wildman–Crippen MR) is 72.4 cm³/mol. The summed E-state index contributed by atoms with van der Waals surface area (Å²) < 4.78 is 0. The largest absolute Gasteiger partial charge is 0.371 e. The Morgan fingerprint density at radius 1 is 1.18 bits per heavy atom. The molecule has 2 heterocycles. The number of hydrogen-bond acceptors (Lipinski definition) is 2. The van der Waals surface area contributed by atoms with Crippen LogP contribution in [-0.4, -0.2) is 19.6 Å². The van der Waals surface area contributed by atoms with E-state index in [1.165, 1.54) is 25.2 Å². The lowest BCUT2D eigenvalue weighted by molar-refractivity contribution is 0.494. The first-order valence-electron chi connectivity index (χ1n) is 6.82. The summed E-state index contributed by atoms with van der Waals surface area (Å²) in [7, 11) is 0. The molecule has 1 aromatic rings. The molecule has 0 radical (unpaired) electrons. The lowest BCUT2D eigenvalue weighted by Crippen LogP contribution is -2.28. The van der Waals surface area contributed by atoms with Gasteiger partial charge < -0.3 is 10.2 Å². The predicted octanol–water partition coefficient (Wildman–Crippen LogP) is 2.42. The number of fused-ring (bicyclic) bond motifs is 1. The van der Waals surface area contributed by atoms with E-state index in [-0.39, 0.29) is 0 Å². The third-order valence-electron chi connectivity index (χ3n) is 4.45. The maximum atomic E-state index is 3.50. The Labute approximate surface area is 104 Å². The van der Waals surface area contributed by atoms with Gasteiger partial charge in [-0.3, -0.25) is 0 Å². The molecule has 1 fully saturated rings. The van der Waals surface area contributed by atoms with E-state index in [9.17, 15) is 0 Å². The molecule has 2 heteroatoms. The Bertz CT molecular complexity index is 403. The normalized spacial score (nSPS) is 28.2. The molecule has 92 valence electrons. The average molecular weight is 230 g/mol. The molecule has 0 aliphatic carbocycles. The van der Waals surface area contributed by atoms with E-state index in [0.717, 1.165) is 24.9 Å². The summed E-state index contributed by atoms with van der Waals surface area (Å²) in [6.07, 6.45) is 1.18. The summed E-state index contributed by atoms with van der Waals surface area (Å²) in [6.45, 7) is 9.36. The molecular weight excluding hydrogens is 208 g/mol. The number of anilines is 1. The molecule has 2 unspecified atom stereocenters. The van der Waals surface area contributed by atoms with E-state index in [0.29, 0.717) is 0 Å². The van der Waals surface area contributed by atoms with E-state index in [1.54, 1.807) is 11.1 Å². The van der Waals surface area contributed by atoms with Crippen molar-refractivity contribution < 1.29 is 0 Å². The SMILES string of the molecule is CC1CN(c2cccc3c2CNCC3)CC1C. The summed E-state index contributed by atoms with van der Waals surface area (Å²) in [6, 6.07) is 6.83. The highest BCUT2D eigenvalue weighted by molar-refractivity contribution is 5.58. The van der Waals surface area contributed by atoms with Crippen LogP contribution in [0.1, 0.15) is 25.0 Å². The maximum absolute atomic E-state index is 3.50. The Kier molecular flexibility index (Phi) is 2.83. The van der Waals surface area contributed by atoms with Gasteiger partial charge in [0.15, 0.2) is 0 Å². The van der Waals surface area contributed by atoms with Crippen LogP contribution < -0.4 is 10.2 Å². The highest BCUT2D eigenvalue weighted by atomic mass is 15.2. The van der Waals surface area contributed by atoms with Crippen molar-refractivity contribution in [2.24, 2.45) is 11.8 Å². The fourth-order valence-corrected chi connectivity index (χ4v) is 3.12. The van der Waals surface area contributed by atoms with Crippen molar-refractivity contribution in [1.82, 2.24) is 5.32 Å². The number of hydrogen-bond donors (Lipinski definition) is 1. The minimum atomic E-state index is 0.822. The van der Waals surface area contributed by atoms with Crippen molar-refractivity contribution in [2.75, 3.05) is 24.5 Å². The molecular formula is C15H22N2. The van der Waals surface area contributed by atoms with E-state index in [2.05, 4.69) is 42.3 Å². The molecule has 0 aromatic heterocycles. The van der Waals surface area contributed by atoms with Crippen LogP contribution in [0.5, 0.6) is 0 Å². The molecule has 0 bridgehead atoms. The van der Waals surface area contributed by atoms with Crippen LogP contribution in [0.3, 0.4) is 0 Å². The van der Waals surface area contributed by atoms with Gasteiger partial charge in [0, 0.05) is 25.3 Å². The summed E-state index contributed by atoms with van der Waals surface area (Å²) in [4.78, 5) is 2.58. The van der Waals surface area contributed by atoms with Gasteiger partial charge >= 0.3 is 0 Å². The van der Waals surface area contributed by atoms with Gasteiger partial charge in [0.05, 0.1) is 0 Å². The first-order chi connectivity index (χ1) is 8.25. The monoisotopic (exact) mass is 230 g/mol. The molecule has 1 N–H and O–H groups in total. The molecule has 2 aliphatic heterocycles. The number of benzene rings is 1. The summed E-state index contributed by atoms with van der Waals surface area (Å²) in [5.41, 5.74) is 4.57. The quantitative estimate of drug-likeness (QED) is 0.797. The molecule has 0 saturated carbocycles. The molecule has 0 amide bonds. The number of nitrogens with zero attached hydrogens (tertiary/aromatic N) is 1. The van der Waals surface area contributed by atoms with Gasteiger partial charge in [0.2, 0.25) is 0 Å². The third-order valence-corrected chi connectivity index (χ3v) is 4.45. The van der Waals surface area contributed by atoms with E-state index in [1.807, 2.05) is 0 Å². The lowest BCUT2D eigenvalue weighted by atomic mass is 9.99. The molecule has 3 rings (SSSR count). The van der Waals surface area contributed by atoms with Gasteiger partial charge in [0.25, 0.3) is 0 Å². The smallest absolute Gasteiger partial charge is 0.0414 e. The van der Waals surface area contributed by atoms with Gasteiger partial charge in [-0.05, 0) is 42.0 Å². The second-order valence-electron chi connectivity index (χ2n) is 5.70. The average Bonchev–Trinajstić information content (AvgIpc) is 2.69. The second-order valence-corrected chi connectivity index (χ2v) is 5.70. The fourth-order valence-electron chi connectivity index (χ4n) is 3.12. The number of nitrogens with one attached hydrogen (secondary N) is 1. The van der Waals surface area contributed by atoms with Crippen LogP contribution >= 0.6 is 0 Å². The van der Waals surface area contributed by atoms with Gasteiger partial charge in [-0.15, -0.1) is 0 Å². The molecule has 2 aliphatic rings. The van der Waals surface area contributed by atoms with Crippen LogP contribution in [0, 0.1) is 11.8 Å². The Hall–Kier alpha value is -1.02. The van der Waals surface area contributed by atoms with Crippen LogP contribution in [-0.2, 0) is 13.0 Å². The standard InChI is InChI=1S/C15H22N2/c1-11-9-17(10-12(11)2)15-5-3-4-13-6-7-16-8-14(13)15/h3-5,11-12,16H,6-10H2,1-2H3. The second kappa shape index (κ2) is 4.34. The molecule has 2 atom stereocenters. The van der Waals surface area contributed by atoms with Gasteiger partial charge in [-0.25, -0.2) is 0 Å². The van der Waals surface area contributed by atoms with E-state index in [4.69, 9.17) is 0 Å². The molecule has 1 saturated heterocycles. The highest BCUT2D eigenvalue weighted by Crippen LogP contribution is 2.32.